The largest absolute Gasteiger partial charge is 0.326 e. The topological polar surface area (TPSA) is 80.9 Å². The van der Waals surface area contributed by atoms with Gasteiger partial charge in [0.15, 0.2) is 0 Å². The van der Waals surface area contributed by atoms with Crippen molar-refractivity contribution in [2.45, 2.75) is 20.4 Å². The Hall–Kier alpha value is -2.34. The Kier molecular flexibility index (Phi) is 4.05. The molecule has 2 rings (SSSR count). The third kappa shape index (κ3) is 2.97. The number of benzene rings is 1. The fourth-order valence-corrected chi connectivity index (χ4v) is 1.76. The number of halogens is 1. The second-order valence-electron chi connectivity index (χ2n) is 4.46. The van der Waals surface area contributed by atoms with Gasteiger partial charge in [-0.05, 0) is 37.6 Å². The number of hydrogen-bond donors (Lipinski definition) is 2. The van der Waals surface area contributed by atoms with Gasteiger partial charge in [0.1, 0.15) is 5.82 Å². The predicted molar refractivity (Wildman–Crippen MR) is 73.8 cm³/mol. The normalized spacial score (nSPS) is 10.4. The van der Waals surface area contributed by atoms with Crippen LogP contribution in [0.3, 0.4) is 0 Å². The van der Waals surface area contributed by atoms with E-state index in [2.05, 4.69) is 15.5 Å². The second kappa shape index (κ2) is 5.75. The molecule has 0 spiro atoms. The first-order chi connectivity index (χ1) is 9.51. The third-order valence-electron chi connectivity index (χ3n) is 2.86. The Morgan fingerprint density at radius 1 is 1.30 bits per heavy atom. The molecule has 0 saturated heterocycles. The molecule has 1 aromatic heterocycles. The van der Waals surface area contributed by atoms with Crippen LogP contribution in [0.5, 0.6) is 0 Å². The van der Waals surface area contributed by atoms with Crippen LogP contribution in [0.25, 0.3) is 0 Å². The molecule has 0 aliphatic heterocycles. The van der Waals surface area contributed by atoms with E-state index in [1.165, 1.54) is 12.1 Å². The highest BCUT2D eigenvalue weighted by atomic mass is 19.1. The zero-order valence-electron chi connectivity index (χ0n) is 11.3. The Labute approximate surface area is 116 Å². The molecule has 0 radical (unpaired) electrons. The number of carbonyl (C=O) groups is 1. The summed E-state index contributed by atoms with van der Waals surface area (Å²) in [7, 11) is 0. The maximum absolute atomic E-state index is 13.8. The molecule has 1 amide bonds. The molecule has 0 bridgehead atoms. The highest BCUT2D eigenvalue weighted by Gasteiger charge is 2.13. The molecule has 3 N–H and O–H groups in total. The minimum atomic E-state index is -0.516. The van der Waals surface area contributed by atoms with Gasteiger partial charge in [-0.3, -0.25) is 4.79 Å². The van der Waals surface area contributed by atoms with Crippen LogP contribution in [-0.4, -0.2) is 16.1 Å². The molecule has 0 aliphatic rings. The SMILES string of the molecule is Cc1cc(C(=O)Nc2ccc(CN)cc2F)c(C)nn1. The van der Waals surface area contributed by atoms with Crippen LogP contribution in [-0.2, 0) is 6.54 Å². The summed E-state index contributed by atoms with van der Waals surface area (Å²) in [6, 6.07) is 6.08. The van der Waals surface area contributed by atoms with Crippen LogP contribution in [0.4, 0.5) is 10.1 Å². The van der Waals surface area contributed by atoms with Crippen molar-refractivity contribution in [1.29, 1.82) is 0 Å². The minimum absolute atomic E-state index is 0.112. The van der Waals surface area contributed by atoms with Gasteiger partial charge in [-0.1, -0.05) is 6.07 Å². The molecule has 20 heavy (non-hydrogen) atoms. The van der Waals surface area contributed by atoms with Crippen LogP contribution in [0, 0.1) is 19.7 Å². The molecule has 5 nitrogen and oxygen atoms in total. The lowest BCUT2D eigenvalue weighted by molar-refractivity contribution is 0.102. The number of aryl methyl sites for hydroxylation is 2. The van der Waals surface area contributed by atoms with Crippen LogP contribution in [0.15, 0.2) is 24.3 Å². The van der Waals surface area contributed by atoms with Crippen LogP contribution in [0.1, 0.15) is 27.3 Å². The smallest absolute Gasteiger partial charge is 0.257 e. The predicted octanol–water partition coefficient (Wildman–Crippen LogP) is 1.94. The number of carbonyl (C=O) groups excluding carboxylic acids is 1. The quantitative estimate of drug-likeness (QED) is 0.896. The van der Waals surface area contributed by atoms with Crippen molar-refractivity contribution in [3.63, 3.8) is 0 Å². The number of nitrogens with one attached hydrogen (secondary N) is 1. The Bertz CT molecular complexity index is 658. The number of nitrogens with zero attached hydrogens (tertiary/aromatic N) is 2. The lowest BCUT2D eigenvalue weighted by Crippen LogP contribution is -2.16. The van der Waals surface area contributed by atoms with Gasteiger partial charge < -0.3 is 11.1 Å². The van der Waals surface area contributed by atoms with Crippen LogP contribution >= 0.6 is 0 Å². The van der Waals surface area contributed by atoms with Gasteiger partial charge in [0.05, 0.1) is 22.6 Å². The molecular formula is C14H15FN4O. The van der Waals surface area contributed by atoms with Crippen molar-refractivity contribution in [2.75, 3.05) is 5.32 Å². The number of aromatic nitrogens is 2. The van der Waals surface area contributed by atoms with Crippen LogP contribution in [0.2, 0.25) is 0 Å². The zero-order chi connectivity index (χ0) is 14.7. The van der Waals surface area contributed by atoms with Crippen LogP contribution < -0.4 is 11.1 Å². The standard InChI is InChI=1S/C14H15FN4O/c1-8-5-11(9(2)19-18-8)14(20)17-13-4-3-10(7-16)6-12(13)15/h3-6H,7,16H2,1-2H3,(H,17,20). The van der Waals surface area contributed by atoms with E-state index in [1.807, 2.05) is 0 Å². The molecule has 0 saturated carbocycles. The molecule has 0 aliphatic carbocycles. The van der Waals surface area contributed by atoms with Crippen molar-refractivity contribution >= 4 is 11.6 Å². The monoisotopic (exact) mass is 274 g/mol. The van der Waals surface area contributed by atoms with Gasteiger partial charge in [-0.15, -0.1) is 0 Å². The first-order valence-electron chi connectivity index (χ1n) is 6.12. The summed E-state index contributed by atoms with van der Waals surface area (Å²) >= 11 is 0. The van der Waals surface area contributed by atoms with E-state index in [9.17, 15) is 9.18 Å². The van der Waals surface area contributed by atoms with E-state index in [4.69, 9.17) is 5.73 Å². The van der Waals surface area contributed by atoms with Crippen molar-refractivity contribution < 1.29 is 9.18 Å². The Balaban J connectivity index is 2.25. The van der Waals surface area contributed by atoms with E-state index in [-0.39, 0.29) is 12.2 Å². The first kappa shape index (κ1) is 14.1. The molecule has 0 unspecified atom stereocenters. The molecule has 2 aromatic rings. The molecule has 104 valence electrons. The number of anilines is 1. The van der Waals surface area contributed by atoms with Gasteiger partial charge in [0.25, 0.3) is 5.91 Å². The Morgan fingerprint density at radius 2 is 2.05 bits per heavy atom. The number of rotatable bonds is 3. The molecule has 1 heterocycles. The summed E-state index contributed by atoms with van der Waals surface area (Å²) in [4.78, 5) is 12.1. The maximum Gasteiger partial charge on any atom is 0.257 e. The third-order valence-corrected chi connectivity index (χ3v) is 2.86. The zero-order valence-corrected chi connectivity index (χ0v) is 11.3. The molecular weight excluding hydrogens is 259 g/mol. The number of amides is 1. The maximum atomic E-state index is 13.8. The number of nitrogens with two attached hydrogens (primary N) is 1. The lowest BCUT2D eigenvalue weighted by atomic mass is 10.1. The lowest BCUT2D eigenvalue weighted by Gasteiger charge is -2.09. The van der Waals surface area contributed by atoms with E-state index < -0.39 is 11.7 Å². The minimum Gasteiger partial charge on any atom is -0.326 e. The van der Waals surface area contributed by atoms with Crippen molar-refractivity contribution in [2.24, 2.45) is 5.73 Å². The van der Waals surface area contributed by atoms with E-state index in [1.54, 1.807) is 26.0 Å². The summed E-state index contributed by atoms with van der Waals surface area (Å²) in [5, 5.41) is 10.2. The average molecular weight is 274 g/mol. The summed E-state index contributed by atoms with van der Waals surface area (Å²) in [5.41, 5.74) is 7.70. The van der Waals surface area contributed by atoms with Gasteiger partial charge in [-0.2, -0.15) is 10.2 Å². The fourth-order valence-electron chi connectivity index (χ4n) is 1.76. The first-order valence-corrected chi connectivity index (χ1v) is 6.12. The van der Waals surface area contributed by atoms with Crippen molar-refractivity contribution in [1.82, 2.24) is 10.2 Å². The molecule has 0 fully saturated rings. The summed E-state index contributed by atoms with van der Waals surface area (Å²) in [5.74, 6) is -0.933. The summed E-state index contributed by atoms with van der Waals surface area (Å²) in [6.45, 7) is 3.66. The summed E-state index contributed by atoms with van der Waals surface area (Å²) < 4.78 is 13.8. The van der Waals surface area contributed by atoms with Gasteiger partial charge in [-0.25, -0.2) is 4.39 Å². The van der Waals surface area contributed by atoms with Gasteiger partial charge >= 0.3 is 0 Å². The molecule has 6 heteroatoms. The Morgan fingerprint density at radius 3 is 2.70 bits per heavy atom. The fraction of sp³-hybridized carbons (Fsp3) is 0.214. The van der Waals surface area contributed by atoms with Gasteiger partial charge in [0.2, 0.25) is 0 Å². The highest BCUT2D eigenvalue weighted by molar-refractivity contribution is 6.05. The number of hydrogen-bond acceptors (Lipinski definition) is 4. The van der Waals surface area contributed by atoms with E-state index in [0.717, 1.165) is 0 Å². The highest BCUT2D eigenvalue weighted by Crippen LogP contribution is 2.17. The van der Waals surface area contributed by atoms with Crippen molar-refractivity contribution in [3.05, 3.63) is 52.6 Å². The van der Waals surface area contributed by atoms with E-state index in [0.29, 0.717) is 22.5 Å². The van der Waals surface area contributed by atoms with E-state index >= 15 is 0 Å². The molecule has 0 atom stereocenters. The summed E-state index contributed by atoms with van der Waals surface area (Å²) in [6.07, 6.45) is 0. The van der Waals surface area contributed by atoms with Gasteiger partial charge in [0, 0.05) is 6.54 Å². The average Bonchev–Trinajstić information content (AvgIpc) is 2.43. The van der Waals surface area contributed by atoms with Crippen molar-refractivity contribution in [3.8, 4) is 0 Å². The molecule has 1 aromatic carbocycles. The second-order valence-corrected chi connectivity index (χ2v) is 4.46.